The van der Waals surface area contributed by atoms with E-state index in [0.717, 1.165) is 6.61 Å². The third-order valence-electron chi connectivity index (χ3n) is 2.73. The summed E-state index contributed by atoms with van der Waals surface area (Å²) in [5.74, 6) is 0. The number of rotatable bonds is 12. The van der Waals surface area contributed by atoms with Gasteiger partial charge in [0.05, 0.1) is 12.9 Å². The molecule has 0 aromatic carbocycles. The van der Waals surface area contributed by atoms with E-state index >= 15 is 0 Å². The molecule has 0 N–H and O–H groups in total. The predicted octanol–water partition coefficient (Wildman–Crippen LogP) is 2.18. The second-order valence-electron chi connectivity index (χ2n) is 4.22. The van der Waals surface area contributed by atoms with Gasteiger partial charge in [0.25, 0.3) is 0 Å². The van der Waals surface area contributed by atoms with Crippen LogP contribution in [0.1, 0.15) is 72.6 Å². The molecule has 16 heavy (non-hydrogen) atoms. The predicted molar refractivity (Wildman–Crippen MR) is 69.1 cm³/mol. The molecule has 0 bridgehead atoms. The van der Waals surface area contributed by atoms with Gasteiger partial charge in [0, 0.05) is 0 Å². The van der Waals surface area contributed by atoms with Crippen LogP contribution in [0.4, 0.5) is 0 Å². The summed E-state index contributed by atoms with van der Waals surface area (Å²) in [6.07, 6.45) is 15.3. The average Bonchev–Trinajstić information content (AvgIpc) is 2.26. The van der Waals surface area contributed by atoms with Crippen LogP contribution in [0, 0.1) is 0 Å². The maximum Gasteiger partial charge on any atom is 1.00 e. The van der Waals surface area contributed by atoms with Crippen LogP contribution in [0.15, 0.2) is 12.8 Å². The third-order valence-corrected chi connectivity index (χ3v) is 2.73. The molecule has 92 valence electrons. The summed E-state index contributed by atoms with van der Waals surface area (Å²) in [4.78, 5) is 0. The molecule has 0 heterocycles. The fraction of sp³-hybridized carbons (Fsp3) is 0.857. The summed E-state index contributed by atoms with van der Waals surface area (Å²) < 4.78 is 5.07. The monoisotopic (exact) mass is 236 g/mol. The van der Waals surface area contributed by atoms with Gasteiger partial charge in [-0.15, -0.1) is 0 Å². The van der Waals surface area contributed by atoms with E-state index in [-0.39, 0.29) is 31.0 Å². The van der Waals surface area contributed by atoms with Crippen molar-refractivity contribution in [3.63, 3.8) is 0 Å². The number of hydrogen-bond acceptors (Lipinski definition) is 1. The normalized spacial score (nSPS) is 9.56. The van der Waals surface area contributed by atoms with E-state index in [0.29, 0.717) is 0 Å². The molecular formula is C14H29NaO. The van der Waals surface area contributed by atoms with Crippen LogP contribution in [0.25, 0.3) is 0 Å². The van der Waals surface area contributed by atoms with Gasteiger partial charge in [-0.2, -0.15) is 0 Å². The van der Waals surface area contributed by atoms with Crippen LogP contribution in [0.2, 0.25) is 0 Å². The molecule has 0 fully saturated rings. The smallest absolute Gasteiger partial charge is 1.00 e. The fourth-order valence-corrected chi connectivity index (χ4v) is 1.76. The molecule has 0 spiro atoms. The molecule has 0 saturated carbocycles. The first-order valence-electron chi connectivity index (χ1n) is 6.64. The zero-order chi connectivity index (χ0) is 11.2. The van der Waals surface area contributed by atoms with Gasteiger partial charge in [0.2, 0.25) is 0 Å². The molecule has 0 aromatic heterocycles. The van der Waals surface area contributed by atoms with E-state index in [4.69, 9.17) is 4.74 Å². The molecular weight excluding hydrogens is 207 g/mol. The van der Waals surface area contributed by atoms with Gasteiger partial charge in [0.15, 0.2) is 0 Å². The second kappa shape index (κ2) is 17.9. The van der Waals surface area contributed by atoms with Gasteiger partial charge < -0.3 is 6.16 Å². The minimum atomic E-state index is 0. The number of ether oxygens (including phenoxy) is 1. The Balaban J connectivity index is -0.000000980. The van der Waals surface area contributed by atoms with Gasteiger partial charge in [-0.1, -0.05) is 71.3 Å². The van der Waals surface area contributed by atoms with Crippen LogP contribution < -0.4 is 29.6 Å². The Labute approximate surface area is 126 Å². The summed E-state index contributed by atoms with van der Waals surface area (Å²) >= 11 is 0. The van der Waals surface area contributed by atoms with Gasteiger partial charge in [-0.25, -0.2) is 0 Å². The number of unbranched alkanes of at least 4 members (excludes halogenated alkanes) is 9. The van der Waals surface area contributed by atoms with Crippen LogP contribution in [-0.2, 0) is 4.74 Å². The minimum absolute atomic E-state index is 0. The van der Waals surface area contributed by atoms with E-state index in [1.54, 1.807) is 0 Å². The first-order chi connectivity index (χ1) is 7.41. The molecule has 0 saturated heterocycles. The van der Waals surface area contributed by atoms with Crippen molar-refractivity contribution in [1.29, 1.82) is 0 Å². The van der Waals surface area contributed by atoms with E-state index < -0.39 is 0 Å². The molecule has 0 aliphatic rings. The molecule has 0 amide bonds. The van der Waals surface area contributed by atoms with Crippen molar-refractivity contribution in [1.82, 2.24) is 0 Å². The third kappa shape index (κ3) is 17.0. The Bertz CT molecular complexity index is 131. The van der Waals surface area contributed by atoms with Gasteiger partial charge >= 0.3 is 29.6 Å². The summed E-state index contributed by atoms with van der Waals surface area (Å²) in [7, 11) is 0. The fourth-order valence-electron chi connectivity index (χ4n) is 1.76. The Morgan fingerprint density at radius 2 is 1.31 bits per heavy atom. The largest absolute Gasteiger partial charge is 1.00 e. The molecule has 0 atom stereocenters. The standard InChI is InChI=1S/C14H28O.Na.H/c1-3-5-6-7-8-9-10-11-12-13-14-15-4-2;;/h4H,2-3,5-14H2,1H3;;/q;+1;-1. The molecule has 0 radical (unpaired) electrons. The van der Waals surface area contributed by atoms with E-state index in [1.165, 1.54) is 70.5 Å². The maximum absolute atomic E-state index is 5.07. The topological polar surface area (TPSA) is 9.23 Å². The summed E-state index contributed by atoms with van der Waals surface area (Å²) in [6, 6.07) is 0. The van der Waals surface area contributed by atoms with Crippen molar-refractivity contribution in [2.24, 2.45) is 0 Å². The summed E-state index contributed by atoms with van der Waals surface area (Å²) in [5.41, 5.74) is 0. The molecule has 0 aliphatic carbocycles. The molecule has 0 unspecified atom stereocenters. The Morgan fingerprint density at radius 1 is 0.875 bits per heavy atom. The summed E-state index contributed by atoms with van der Waals surface area (Å²) in [6.45, 7) is 6.64. The van der Waals surface area contributed by atoms with Crippen LogP contribution >= 0.6 is 0 Å². The molecule has 0 rings (SSSR count). The SMILES string of the molecule is C=COCCCCCCCCCCCC.[H-].[Na+]. The Morgan fingerprint density at radius 3 is 1.75 bits per heavy atom. The zero-order valence-corrected chi connectivity index (χ0v) is 13.5. The maximum atomic E-state index is 5.07. The first kappa shape index (κ1) is 18.9. The van der Waals surface area contributed by atoms with E-state index in [9.17, 15) is 0 Å². The molecule has 1 nitrogen and oxygen atoms in total. The number of hydrogen-bond donors (Lipinski definition) is 0. The van der Waals surface area contributed by atoms with Crippen molar-refractivity contribution in [2.75, 3.05) is 6.61 Å². The van der Waals surface area contributed by atoms with Crippen molar-refractivity contribution < 1.29 is 35.7 Å². The van der Waals surface area contributed by atoms with Crippen molar-refractivity contribution in [2.45, 2.75) is 71.1 Å². The van der Waals surface area contributed by atoms with Gasteiger partial charge in [-0.05, 0) is 6.42 Å². The molecule has 2 heteroatoms. The average molecular weight is 236 g/mol. The molecule has 0 aromatic rings. The van der Waals surface area contributed by atoms with Crippen LogP contribution in [0.5, 0.6) is 0 Å². The second-order valence-corrected chi connectivity index (χ2v) is 4.22. The van der Waals surface area contributed by atoms with E-state index in [2.05, 4.69) is 13.5 Å². The molecule has 0 aliphatic heterocycles. The first-order valence-corrected chi connectivity index (χ1v) is 6.64. The quantitative estimate of drug-likeness (QED) is 0.287. The Kier molecular flexibility index (Phi) is 21.2. The van der Waals surface area contributed by atoms with E-state index in [1.807, 2.05) is 0 Å². The Hall–Kier alpha value is 0.540. The van der Waals surface area contributed by atoms with Crippen molar-refractivity contribution in [3.8, 4) is 0 Å². The van der Waals surface area contributed by atoms with Crippen molar-refractivity contribution >= 4 is 0 Å². The zero-order valence-electron chi connectivity index (χ0n) is 12.5. The van der Waals surface area contributed by atoms with Gasteiger partial charge in [-0.3, -0.25) is 0 Å². The minimum Gasteiger partial charge on any atom is -1.00 e. The summed E-state index contributed by atoms with van der Waals surface area (Å²) in [5, 5.41) is 0. The van der Waals surface area contributed by atoms with Gasteiger partial charge in [0.1, 0.15) is 0 Å². The van der Waals surface area contributed by atoms with Crippen molar-refractivity contribution in [3.05, 3.63) is 12.8 Å². The van der Waals surface area contributed by atoms with Crippen LogP contribution in [-0.4, -0.2) is 6.61 Å². The van der Waals surface area contributed by atoms with Crippen LogP contribution in [0.3, 0.4) is 0 Å².